The van der Waals surface area contributed by atoms with Gasteiger partial charge in [0.15, 0.2) is 6.23 Å². The van der Waals surface area contributed by atoms with Gasteiger partial charge >= 0.3 is 0 Å². The fourth-order valence-electron chi connectivity index (χ4n) is 2.29. The highest BCUT2D eigenvalue weighted by atomic mass is 16.5. The molecule has 0 radical (unpaired) electrons. The standard InChI is InChI=1S/C11H13N3O4/c15-4-6-3-8(16)11(18-6)14-2-1-7-9(14)12-5-13-10(7)17/h1-2,5-6,8,11,15-16H,3-4H2,(H,12,13,17)/t6-,8+,11+/m0/s1. The van der Waals surface area contributed by atoms with E-state index in [1.165, 1.54) is 6.33 Å². The summed E-state index contributed by atoms with van der Waals surface area (Å²) in [5.41, 5.74) is 0.228. The molecule has 1 saturated heterocycles. The first-order chi connectivity index (χ1) is 8.70. The molecule has 0 unspecified atom stereocenters. The molecule has 0 aliphatic carbocycles. The van der Waals surface area contributed by atoms with Gasteiger partial charge < -0.3 is 24.5 Å². The molecule has 7 heteroatoms. The van der Waals surface area contributed by atoms with Crippen molar-refractivity contribution in [2.45, 2.75) is 24.9 Å². The number of nitrogens with zero attached hydrogens (tertiary/aromatic N) is 2. The third kappa shape index (κ3) is 1.64. The van der Waals surface area contributed by atoms with Crippen LogP contribution in [0.25, 0.3) is 11.0 Å². The Morgan fingerprint density at radius 2 is 2.44 bits per heavy atom. The predicted octanol–water partition coefficient (Wildman–Crippen LogP) is -0.635. The molecule has 0 spiro atoms. The molecule has 0 bridgehead atoms. The molecular weight excluding hydrogens is 238 g/mol. The number of fused-ring (bicyclic) bond motifs is 1. The summed E-state index contributed by atoms with van der Waals surface area (Å²) in [5, 5.41) is 19.4. The summed E-state index contributed by atoms with van der Waals surface area (Å²) in [6, 6.07) is 1.63. The number of aliphatic hydroxyl groups is 2. The van der Waals surface area contributed by atoms with Crippen LogP contribution < -0.4 is 5.56 Å². The van der Waals surface area contributed by atoms with E-state index < -0.39 is 12.3 Å². The Morgan fingerprint density at radius 3 is 3.17 bits per heavy atom. The number of aliphatic hydroxyl groups excluding tert-OH is 2. The van der Waals surface area contributed by atoms with Gasteiger partial charge in [-0.3, -0.25) is 4.79 Å². The highest BCUT2D eigenvalue weighted by Gasteiger charge is 2.35. The number of ether oxygens (including phenoxy) is 1. The number of aromatic nitrogens is 3. The quantitative estimate of drug-likeness (QED) is 0.659. The lowest BCUT2D eigenvalue weighted by molar-refractivity contribution is -0.0484. The first kappa shape index (κ1) is 11.4. The molecule has 3 atom stereocenters. The number of rotatable bonds is 2. The summed E-state index contributed by atoms with van der Waals surface area (Å²) in [5.74, 6) is 0. The maximum atomic E-state index is 11.6. The van der Waals surface area contributed by atoms with Gasteiger partial charge in [0.1, 0.15) is 11.8 Å². The normalized spacial score (nSPS) is 28.0. The van der Waals surface area contributed by atoms with Crippen LogP contribution in [0.5, 0.6) is 0 Å². The minimum atomic E-state index is -0.723. The fraction of sp³-hybridized carbons (Fsp3) is 0.455. The maximum absolute atomic E-state index is 11.6. The maximum Gasteiger partial charge on any atom is 0.260 e. The van der Waals surface area contributed by atoms with E-state index in [1.807, 2.05) is 0 Å². The Morgan fingerprint density at radius 1 is 1.61 bits per heavy atom. The fourth-order valence-corrected chi connectivity index (χ4v) is 2.29. The minimum absolute atomic E-state index is 0.138. The topological polar surface area (TPSA) is 100 Å². The molecule has 1 fully saturated rings. The molecule has 96 valence electrons. The molecule has 0 amide bonds. The van der Waals surface area contributed by atoms with Crippen LogP contribution in [-0.4, -0.2) is 43.6 Å². The molecule has 2 aromatic rings. The summed E-state index contributed by atoms with van der Waals surface area (Å²) in [6.45, 7) is -0.138. The number of nitrogens with one attached hydrogen (secondary N) is 1. The summed E-state index contributed by atoms with van der Waals surface area (Å²) in [6.07, 6.45) is 1.61. The Hall–Kier alpha value is -1.70. The number of aromatic amines is 1. The van der Waals surface area contributed by atoms with E-state index in [1.54, 1.807) is 16.8 Å². The Labute approximate surface area is 102 Å². The summed E-state index contributed by atoms with van der Waals surface area (Å²) < 4.78 is 7.14. The van der Waals surface area contributed by atoms with Crippen molar-refractivity contribution in [3.8, 4) is 0 Å². The smallest absolute Gasteiger partial charge is 0.260 e. The van der Waals surface area contributed by atoms with Crippen molar-refractivity contribution in [3.05, 3.63) is 28.9 Å². The number of H-pyrrole nitrogens is 1. The Balaban J connectivity index is 2.05. The van der Waals surface area contributed by atoms with Gasteiger partial charge in [0.2, 0.25) is 0 Å². The second kappa shape index (κ2) is 4.20. The van der Waals surface area contributed by atoms with Crippen molar-refractivity contribution >= 4 is 11.0 Å². The zero-order chi connectivity index (χ0) is 12.7. The van der Waals surface area contributed by atoms with Gasteiger partial charge in [-0.25, -0.2) is 4.98 Å². The average Bonchev–Trinajstić information content (AvgIpc) is 2.93. The molecule has 0 saturated carbocycles. The van der Waals surface area contributed by atoms with E-state index >= 15 is 0 Å². The van der Waals surface area contributed by atoms with E-state index in [0.29, 0.717) is 17.5 Å². The SMILES string of the molecule is O=c1[nH]cnc2c1ccn2[C@@H]1O[C@H](CO)C[C@H]1O. The van der Waals surface area contributed by atoms with Gasteiger partial charge in [-0.1, -0.05) is 0 Å². The molecule has 1 aliphatic heterocycles. The second-order valence-electron chi connectivity index (χ2n) is 4.33. The van der Waals surface area contributed by atoms with Crippen molar-refractivity contribution in [2.75, 3.05) is 6.61 Å². The molecule has 3 rings (SSSR count). The zero-order valence-corrected chi connectivity index (χ0v) is 9.48. The van der Waals surface area contributed by atoms with E-state index in [0.717, 1.165) is 0 Å². The van der Waals surface area contributed by atoms with Crippen LogP contribution >= 0.6 is 0 Å². The van der Waals surface area contributed by atoms with Gasteiger partial charge in [-0.15, -0.1) is 0 Å². The summed E-state index contributed by atoms with van der Waals surface area (Å²) >= 11 is 0. The van der Waals surface area contributed by atoms with Crippen molar-refractivity contribution in [3.63, 3.8) is 0 Å². The molecule has 7 nitrogen and oxygen atoms in total. The van der Waals surface area contributed by atoms with Gasteiger partial charge in [0, 0.05) is 12.6 Å². The molecule has 3 N–H and O–H groups in total. The van der Waals surface area contributed by atoms with Crippen molar-refractivity contribution in [1.82, 2.24) is 14.5 Å². The lowest BCUT2D eigenvalue weighted by atomic mass is 10.2. The highest BCUT2D eigenvalue weighted by molar-refractivity contribution is 5.74. The van der Waals surface area contributed by atoms with Crippen LogP contribution in [0.3, 0.4) is 0 Å². The molecule has 2 aromatic heterocycles. The average molecular weight is 251 g/mol. The van der Waals surface area contributed by atoms with Gasteiger partial charge in [0.25, 0.3) is 5.56 Å². The van der Waals surface area contributed by atoms with Gasteiger partial charge in [-0.05, 0) is 6.07 Å². The Kier molecular flexibility index (Phi) is 2.66. The third-order valence-electron chi connectivity index (χ3n) is 3.16. The zero-order valence-electron chi connectivity index (χ0n) is 9.48. The molecule has 18 heavy (non-hydrogen) atoms. The van der Waals surface area contributed by atoms with Crippen LogP contribution in [0, 0.1) is 0 Å². The molecule has 0 aromatic carbocycles. The molecule has 3 heterocycles. The Bertz CT molecular complexity index is 620. The minimum Gasteiger partial charge on any atom is -0.394 e. The van der Waals surface area contributed by atoms with E-state index in [9.17, 15) is 9.90 Å². The number of hydrogen-bond acceptors (Lipinski definition) is 5. The van der Waals surface area contributed by atoms with Crippen LogP contribution in [0.15, 0.2) is 23.4 Å². The first-order valence-corrected chi connectivity index (χ1v) is 5.69. The van der Waals surface area contributed by atoms with Gasteiger partial charge in [-0.2, -0.15) is 0 Å². The summed E-state index contributed by atoms with van der Waals surface area (Å²) in [7, 11) is 0. The monoisotopic (exact) mass is 251 g/mol. The lowest BCUT2D eigenvalue weighted by Gasteiger charge is -2.17. The highest BCUT2D eigenvalue weighted by Crippen LogP contribution is 2.30. The van der Waals surface area contributed by atoms with Crippen LogP contribution in [0.2, 0.25) is 0 Å². The largest absolute Gasteiger partial charge is 0.394 e. The predicted molar refractivity (Wildman–Crippen MR) is 62.0 cm³/mol. The van der Waals surface area contributed by atoms with E-state index in [-0.39, 0.29) is 18.3 Å². The van der Waals surface area contributed by atoms with Crippen molar-refractivity contribution in [2.24, 2.45) is 0 Å². The van der Waals surface area contributed by atoms with Crippen LogP contribution in [0.4, 0.5) is 0 Å². The number of hydrogen-bond donors (Lipinski definition) is 3. The molecule has 1 aliphatic rings. The van der Waals surface area contributed by atoms with E-state index in [2.05, 4.69) is 9.97 Å². The van der Waals surface area contributed by atoms with Crippen LogP contribution in [-0.2, 0) is 4.74 Å². The third-order valence-corrected chi connectivity index (χ3v) is 3.16. The van der Waals surface area contributed by atoms with Crippen molar-refractivity contribution in [1.29, 1.82) is 0 Å². The van der Waals surface area contributed by atoms with Crippen LogP contribution in [0.1, 0.15) is 12.6 Å². The second-order valence-corrected chi connectivity index (χ2v) is 4.33. The van der Waals surface area contributed by atoms with Crippen molar-refractivity contribution < 1.29 is 14.9 Å². The first-order valence-electron chi connectivity index (χ1n) is 5.69. The summed E-state index contributed by atoms with van der Waals surface area (Å²) in [4.78, 5) is 18.1. The lowest BCUT2D eigenvalue weighted by Crippen LogP contribution is -2.19. The molecular formula is C11H13N3O4. The van der Waals surface area contributed by atoms with Gasteiger partial charge in [0.05, 0.1) is 24.4 Å². The van der Waals surface area contributed by atoms with E-state index in [4.69, 9.17) is 9.84 Å².